The van der Waals surface area contributed by atoms with Gasteiger partial charge in [-0.1, -0.05) is 0 Å². The highest BCUT2D eigenvalue weighted by atomic mass is 16.5. The number of hydrogen-bond donors (Lipinski definition) is 1. The fourth-order valence-corrected chi connectivity index (χ4v) is 1.03. The van der Waals surface area contributed by atoms with Gasteiger partial charge in [0.1, 0.15) is 0 Å². The zero-order chi connectivity index (χ0) is 12.4. The lowest BCUT2D eigenvalue weighted by Gasteiger charge is -2.08. The standard InChI is InChI=1S/C11H21NO4/c1-9(2)16-8-4-7-12-10(13)5-6-11(14)15-3/h9H,4-8H2,1-3H3,(H,12,13). The van der Waals surface area contributed by atoms with Crippen LogP contribution in [0.25, 0.3) is 0 Å². The number of amides is 1. The minimum absolute atomic E-state index is 0.130. The first-order chi connectivity index (χ1) is 7.56. The van der Waals surface area contributed by atoms with Crippen molar-refractivity contribution >= 4 is 11.9 Å². The largest absolute Gasteiger partial charge is 0.469 e. The Bertz CT molecular complexity index is 216. The van der Waals surface area contributed by atoms with Gasteiger partial charge < -0.3 is 14.8 Å². The Morgan fingerprint density at radius 3 is 2.50 bits per heavy atom. The minimum Gasteiger partial charge on any atom is -0.469 e. The van der Waals surface area contributed by atoms with Gasteiger partial charge in [-0.15, -0.1) is 0 Å². The third-order valence-electron chi connectivity index (χ3n) is 1.88. The molecule has 1 amide bonds. The average molecular weight is 231 g/mol. The molecule has 94 valence electrons. The SMILES string of the molecule is COC(=O)CCC(=O)NCCCOC(C)C. The van der Waals surface area contributed by atoms with E-state index in [0.29, 0.717) is 13.2 Å². The molecule has 0 bridgehead atoms. The van der Waals surface area contributed by atoms with Crippen molar-refractivity contribution in [2.75, 3.05) is 20.3 Å². The first-order valence-corrected chi connectivity index (χ1v) is 5.51. The molecule has 0 aromatic heterocycles. The number of methoxy groups -OCH3 is 1. The van der Waals surface area contributed by atoms with Gasteiger partial charge in [0.2, 0.25) is 5.91 Å². The van der Waals surface area contributed by atoms with E-state index in [4.69, 9.17) is 4.74 Å². The van der Waals surface area contributed by atoms with Gasteiger partial charge in [-0.05, 0) is 20.3 Å². The predicted molar refractivity (Wildman–Crippen MR) is 60.0 cm³/mol. The van der Waals surface area contributed by atoms with Crippen molar-refractivity contribution in [1.29, 1.82) is 0 Å². The zero-order valence-electron chi connectivity index (χ0n) is 10.2. The van der Waals surface area contributed by atoms with E-state index in [1.807, 2.05) is 13.8 Å². The van der Waals surface area contributed by atoms with Crippen LogP contribution in [0.4, 0.5) is 0 Å². The van der Waals surface area contributed by atoms with E-state index in [9.17, 15) is 9.59 Å². The highest BCUT2D eigenvalue weighted by molar-refractivity contribution is 5.81. The van der Waals surface area contributed by atoms with E-state index in [-0.39, 0.29) is 30.8 Å². The molecule has 0 saturated carbocycles. The Balaban J connectivity index is 3.34. The van der Waals surface area contributed by atoms with E-state index in [1.54, 1.807) is 0 Å². The molecule has 0 aromatic carbocycles. The molecule has 5 nitrogen and oxygen atoms in total. The first-order valence-electron chi connectivity index (χ1n) is 5.51. The van der Waals surface area contributed by atoms with Gasteiger partial charge in [0.15, 0.2) is 0 Å². The lowest BCUT2D eigenvalue weighted by atomic mass is 10.3. The summed E-state index contributed by atoms with van der Waals surface area (Å²) in [5.41, 5.74) is 0. The number of carbonyl (C=O) groups is 2. The number of rotatable bonds is 8. The van der Waals surface area contributed by atoms with Crippen molar-refractivity contribution in [2.45, 2.75) is 39.2 Å². The van der Waals surface area contributed by atoms with Crippen LogP contribution in [0.5, 0.6) is 0 Å². The maximum absolute atomic E-state index is 11.2. The van der Waals surface area contributed by atoms with E-state index in [0.717, 1.165) is 6.42 Å². The number of carbonyl (C=O) groups excluding carboxylic acids is 2. The van der Waals surface area contributed by atoms with Crippen LogP contribution in [0.2, 0.25) is 0 Å². The topological polar surface area (TPSA) is 64.6 Å². The fraction of sp³-hybridized carbons (Fsp3) is 0.818. The maximum Gasteiger partial charge on any atom is 0.306 e. The number of nitrogens with one attached hydrogen (secondary N) is 1. The second kappa shape index (κ2) is 9.15. The number of ether oxygens (including phenoxy) is 2. The van der Waals surface area contributed by atoms with Gasteiger partial charge in [0.25, 0.3) is 0 Å². The van der Waals surface area contributed by atoms with E-state index in [2.05, 4.69) is 10.1 Å². The van der Waals surface area contributed by atoms with Crippen LogP contribution in [0.3, 0.4) is 0 Å². The van der Waals surface area contributed by atoms with Crippen molar-refractivity contribution in [2.24, 2.45) is 0 Å². The van der Waals surface area contributed by atoms with Gasteiger partial charge in [0, 0.05) is 19.6 Å². The van der Waals surface area contributed by atoms with Crippen molar-refractivity contribution in [3.63, 3.8) is 0 Å². The molecule has 0 aromatic rings. The molecule has 1 N–H and O–H groups in total. The lowest BCUT2D eigenvalue weighted by Crippen LogP contribution is -2.26. The van der Waals surface area contributed by atoms with Crippen molar-refractivity contribution < 1.29 is 19.1 Å². The smallest absolute Gasteiger partial charge is 0.306 e. The van der Waals surface area contributed by atoms with Crippen LogP contribution in [-0.4, -0.2) is 38.2 Å². The molecular formula is C11H21NO4. The van der Waals surface area contributed by atoms with Gasteiger partial charge in [-0.3, -0.25) is 9.59 Å². The van der Waals surface area contributed by atoms with Crippen LogP contribution in [0.1, 0.15) is 33.1 Å². The highest BCUT2D eigenvalue weighted by Crippen LogP contribution is 1.92. The van der Waals surface area contributed by atoms with Crippen molar-refractivity contribution in [1.82, 2.24) is 5.32 Å². The summed E-state index contributed by atoms with van der Waals surface area (Å²) in [6, 6.07) is 0. The van der Waals surface area contributed by atoms with Gasteiger partial charge in [-0.25, -0.2) is 0 Å². The summed E-state index contributed by atoms with van der Waals surface area (Å²) in [4.78, 5) is 21.9. The lowest BCUT2D eigenvalue weighted by molar-refractivity contribution is -0.142. The van der Waals surface area contributed by atoms with Gasteiger partial charge in [-0.2, -0.15) is 0 Å². The van der Waals surface area contributed by atoms with Crippen molar-refractivity contribution in [3.8, 4) is 0 Å². The Kier molecular flexibility index (Phi) is 8.52. The minimum atomic E-state index is -0.363. The molecule has 0 spiro atoms. The molecule has 0 rings (SSSR count). The average Bonchev–Trinajstić information content (AvgIpc) is 2.24. The Morgan fingerprint density at radius 2 is 1.94 bits per heavy atom. The van der Waals surface area contributed by atoms with E-state index < -0.39 is 0 Å². The molecule has 5 heteroatoms. The zero-order valence-corrected chi connectivity index (χ0v) is 10.2. The van der Waals surface area contributed by atoms with Crippen LogP contribution < -0.4 is 5.32 Å². The third kappa shape index (κ3) is 9.45. The summed E-state index contributed by atoms with van der Waals surface area (Å²) in [5.74, 6) is -0.492. The van der Waals surface area contributed by atoms with Crippen molar-refractivity contribution in [3.05, 3.63) is 0 Å². The highest BCUT2D eigenvalue weighted by Gasteiger charge is 2.05. The molecule has 0 heterocycles. The summed E-state index contributed by atoms with van der Waals surface area (Å²) < 4.78 is 9.74. The fourth-order valence-electron chi connectivity index (χ4n) is 1.03. The second-order valence-corrected chi connectivity index (χ2v) is 3.70. The van der Waals surface area contributed by atoms with Gasteiger partial charge in [0.05, 0.1) is 19.6 Å². The Morgan fingerprint density at radius 1 is 1.25 bits per heavy atom. The molecule has 0 saturated heterocycles. The Hall–Kier alpha value is -1.10. The second-order valence-electron chi connectivity index (χ2n) is 3.70. The first kappa shape index (κ1) is 14.9. The van der Waals surface area contributed by atoms with E-state index in [1.165, 1.54) is 7.11 Å². The molecule has 16 heavy (non-hydrogen) atoms. The summed E-state index contributed by atoms with van der Waals surface area (Å²) in [7, 11) is 1.31. The molecule has 0 fully saturated rings. The quantitative estimate of drug-likeness (QED) is 0.497. The normalized spacial score (nSPS) is 10.2. The van der Waals surface area contributed by atoms with E-state index >= 15 is 0 Å². The summed E-state index contributed by atoms with van der Waals surface area (Å²) >= 11 is 0. The van der Waals surface area contributed by atoms with Crippen LogP contribution in [0, 0.1) is 0 Å². The summed E-state index contributed by atoms with van der Waals surface area (Å²) in [5, 5.41) is 2.71. The Labute approximate surface area is 96.5 Å². The molecule has 0 unspecified atom stereocenters. The molecule has 0 aliphatic heterocycles. The maximum atomic E-state index is 11.2. The molecular weight excluding hydrogens is 210 g/mol. The van der Waals surface area contributed by atoms with Crippen LogP contribution in [0.15, 0.2) is 0 Å². The summed E-state index contributed by atoms with van der Waals surface area (Å²) in [6.07, 6.45) is 1.31. The monoisotopic (exact) mass is 231 g/mol. The number of hydrogen-bond acceptors (Lipinski definition) is 4. The molecule has 0 radical (unpaired) electrons. The van der Waals surface area contributed by atoms with Crippen LogP contribution in [-0.2, 0) is 19.1 Å². The third-order valence-corrected chi connectivity index (χ3v) is 1.88. The summed E-state index contributed by atoms with van der Waals surface area (Å²) in [6.45, 7) is 5.14. The molecule has 0 atom stereocenters. The molecule has 0 aliphatic rings. The molecule has 0 aliphatic carbocycles. The van der Waals surface area contributed by atoms with Crippen LogP contribution >= 0.6 is 0 Å². The van der Waals surface area contributed by atoms with Gasteiger partial charge >= 0.3 is 5.97 Å². The number of esters is 1. The predicted octanol–water partition coefficient (Wildman–Crippen LogP) is 0.871.